The maximum Gasteiger partial charge on any atom is 0.326 e. The van der Waals surface area contributed by atoms with E-state index in [-0.39, 0.29) is 59.1 Å². The molecule has 0 saturated carbocycles. The summed E-state index contributed by atoms with van der Waals surface area (Å²) >= 11 is 0. The number of Topliss-reactive ketones (excluding diaryl/α,β-unsaturated/α-hetero) is 3. The molecular formula is C41H68N6O14. The van der Waals surface area contributed by atoms with Crippen LogP contribution in [0.15, 0.2) is 0 Å². The summed E-state index contributed by atoms with van der Waals surface area (Å²) in [6, 6.07) is -1.16. The molecule has 346 valence electrons. The first-order valence-corrected chi connectivity index (χ1v) is 21.2. The smallest absolute Gasteiger partial charge is 0.326 e. The Morgan fingerprint density at radius 1 is 0.377 bits per heavy atom. The maximum atomic E-state index is 13.2. The third-order valence-corrected chi connectivity index (χ3v) is 9.03. The maximum absolute atomic E-state index is 13.2. The molecule has 0 fully saturated rings. The van der Waals surface area contributed by atoms with Crippen LogP contribution in [0.4, 0.5) is 9.59 Å². The minimum atomic E-state index is -1.53. The molecule has 0 aliphatic heterocycles. The summed E-state index contributed by atoms with van der Waals surface area (Å²) in [5.41, 5.74) is 0. The van der Waals surface area contributed by atoms with Gasteiger partial charge in [-0.1, -0.05) is 38.5 Å². The van der Waals surface area contributed by atoms with Crippen LogP contribution in [-0.4, -0.2) is 129 Å². The van der Waals surface area contributed by atoms with E-state index in [0.717, 1.165) is 25.7 Å². The quantitative estimate of drug-likeness (QED) is 0.0273. The number of rotatable bonds is 33. The third-order valence-electron chi connectivity index (χ3n) is 9.03. The Morgan fingerprint density at radius 3 is 0.869 bits per heavy atom. The van der Waals surface area contributed by atoms with E-state index in [1.807, 2.05) is 0 Å². The number of carbonyl (C=O) groups is 11. The Kier molecular flexibility index (Phi) is 30.3. The highest BCUT2D eigenvalue weighted by Gasteiger charge is 2.34. The summed E-state index contributed by atoms with van der Waals surface area (Å²) in [5.74, 6) is -11.2. The van der Waals surface area contributed by atoms with E-state index in [9.17, 15) is 52.7 Å². The Labute approximate surface area is 358 Å². The van der Waals surface area contributed by atoms with Gasteiger partial charge in [-0.05, 0) is 80.1 Å². The van der Waals surface area contributed by atoms with Crippen LogP contribution in [0.5, 0.6) is 0 Å². The minimum absolute atomic E-state index is 0.0346. The molecule has 61 heavy (non-hydrogen) atoms. The molecule has 3 atom stereocenters. The Balaban J connectivity index is 4.94. The first kappa shape index (κ1) is 55.6. The van der Waals surface area contributed by atoms with Crippen molar-refractivity contribution in [2.45, 2.75) is 119 Å². The summed E-state index contributed by atoms with van der Waals surface area (Å²) in [7, 11) is 0. The second-order valence-corrected chi connectivity index (χ2v) is 14.1. The van der Waals surface area contributed by atoms with E-state index >= 15 is 0 Å². The van der Waals surface area contributed by atoms with E-state index in [1.165, 1.54) is 0 Å². The average Bonchev–Trinajstić information content (AvgIpc) is 3.17. The van der Waals surface area contributed by atoms with Crippen molar-refractivity contribution in [2.24, 2.45) is 17.8 Å². The molecule has 0 unspecified atom stereocenters. The molecule has 7 amide bonds. The molecule has 20 nitrogen and oxygen atoms in total. The molecule has 0 aromatic carbocycles. The highest BCUT2D eigenvalue weighted by Crippen LogP contribution is 2.08. The number of urea groups is 2. The van der Waals surface area contributed by atoms with Gasteiger partial charge in [-0.2, -0.15) is 0 Å². The lowest BCUT2D eigenvalue weighted by Gasteiger charge is -2.22. The molecular weight excluding hydrogens is 800 g/mol. The van der Waals surface area contributed by atoms with Crippen LogP contribution in [0.3, 0.4) is 0 Å². The van der Waals surface area contributed by atoms with Crippen LogP contribution < -0.4 is 26.6 Å². The number of ether oxygens (including phenoxy) is 3. The number of hydrogen-bond donors (Lipinski definition) is 5. The van der Waals surface area contributed by atoms with Gasteiger partial charge >= 0.3 is 30.0 Å². The van der Waals surface area contributed by atoms with Gasteiger partial charge < -0.3 is 40.8 Å². The van der Waals surface area contributed by atoms with Crippen molar-refractivity contribution in [3.05, 3.63) is 0 Å². The predicted molar refractivity (Wildman–Crippen MR) is 220 cm³/mol. The van der Waals surface area contributed by atoms with Crippen molar-refractivity contribution in [1.29, 1.82) is 0 Å². The van der Waals surface area contributed by atoms with Crippen LogP contribution in [0.1, 0.15) is 119 Å². The van der Waals surface area contributed by atoms with E-state index in [4.69, 9.17) is 14.2 Å². The number of ketones is 3. The van der Waals surface area contributed by atoms with Gasteiger partial charge in [-0.3, -0.25) is 43.2 Å². The molecule has 0 aromatic heterocycles. The lowest BCUT2D eigenvalue weighted by Crippen LogP contribution is -2.49. The predicted octanol–water partition coefficient (Wildman–Crippen LogP) is 2.04. The molecule has 0 aliphatic carbocycles. The molecule has 0 aromatic rings. The van der Waals surface area contributed by atoms with Crippen LogP contribution in [-0.2, 0) is 57.4 Å². The van der Waals surface area contributed by atoms with Gasteiger partial charge in [0.05, 0.1) is 19.8 Å². The second-order valence-electron chi connectivity index (χ2n) is 14.1. The van der Waals surface area contributed by atoms with Crippen LogP contribution in [0.2, 0.25) is 0 Å². The number of unbranched alkanes of at least 4 members (excludes halogenated alkanes) is 9. The van der Waals surface area contributed by atoms with Gasteiger partial charge in [-0.25, -0.2) is 14.5 Å². The number of amides is 7. The normalized spacial score (nSPS) is 12.0. The van der Waals surface area contributed by atoms with Crippen LogP contribution in [0, 0.1) is 17.8 Å². The van der Waals surface area contributed by atoms with Gasteiger partial charge in [0.15, 0.2) is 35.1 Å². The Bertz CT molecular complexity index is 1400. The fourth-order valence-corrected chi connectivity index (χ4v) is 5.82. The Morgan fingerprint density at radius 2 is 0.623 bits per heavy atom. The van der Waals surface area contributed by atoms with E-state index in [2.05, 4.69) is 26.6 Å². The zero-order chi connectivity index (χ0) is 46.2. The summed E-state index contributed by atoms with van der Waals surface area (Å²) in [4.78, 5) is 136. The molecule has 0 bridgehead atoms. The van der Waals surface area contributed by atoms with Gasteiger partial charge in [0.2, 0.25) is 17.7 Å². The van der Waals surface area contributed by atoms with E-state index in [1.54, 1.807) is 20.8 Å². The fourth-order valence-electron chi connectivity index (χ4n) is 5.82. The first-order valence-electron chi connectivity index (χ1n) is 21.2. The summed E-state index contributed by atoms with van der Waals surface area (Å²) < 4.78 is 14.4. The molecule has 20 heteroatoms. The molecule has 0 saturated heterocycles. The number of imide groups is 1. The molecule has 0 radical (unpaired) electrons. The highest BCUT2D eigenvalue weighted by molar-refractivity contribution is 6.17. The van der Waals surface area contributed by atoms with Crippen molar-refractivity contribution in [1.82, 2.24) is 31.5 Å². The number of nitrogens with one attached hydrogen (secondary N) is 5. The molecule has 0 aliphatic rings. The summed E-state index contributed by atoms with van der Waals surface area (Å²) in [5, 5.41) is 13.3. The molecule has 5 N–H and O–H groups in total. The number of esters is 3. The number of carbonyl (C=O) groups excluding carboxylic acids is 11. The molecule has 0 rings (SSSR count). The zero-order valence-electron chi connectivity index (χ0n) is 36.7. The molecule has 0 spiro atoms. The van der Waals surface area contributed by atoms with Crippen molar-refractivity contribution in [3.63, 3.8) is 0 Å². The standard InChI is InChI=1S/C41H68N6O14/c1-7-59-37(54)31(28(4)48)34(51)42-22-16-10-12-19-25-45-40(57)47(27-21-15-14-18-24-44-36(53)33(30(6)50)39(56)61-9-3)41(58)46-26-20-13-11-17-23-43-35(52)32(29(5)49)38(55)60-8-2/h31-33H,7-27H2,1-6H3,(H,42,51)(H,43,52)(H,44,53)(H,45,57)(H,46,58)/t31-,32+,33-/m1/s1. The Hall–Kier alpha value is -5.43. The lowest BCUT2D eigenvalue weighted by molar-refractivity contribution is -0.157. The van der Waals surface area contributed by atoms with Crippen LogP contribution in [0.25, 0.3) is 0 Å². The number of nitrogens with zero attached hydrogens (tertiary/aromatic N) is 1. The lowest BCUT2D eigenvalue weighted by atomic mass is 10.0. The van der Waals surface area contributed by atoms with Gasteiger partial charge in [0.1, 0.15) is 0 Å². The fraction of sp³-hybridized carbons (Fsp3) is 0.732. The van der Waals surface area contributed by atoms with Gasteiger partial charge in [0, 0.05) is 39.3 Å². The molecule has 0 heterocycles. The number of hydrogen-bond acceptors (Lipinski definition) is 14. The summed E-state index contributed by atoms with van der Waals surface area (Å²) in [6.45, 7) is 9.67. The van der Waals surface area contributed by atoms with Crippen LogP contribution >= 0.6 is 0 Å². The zero-order valence-corrected chi connectivity index (χ0v) is 36.7. The second kappa shape index (κ2) is 33.3. The van der Waals surface area contributed by atoms with Crippen molar-refractivity contribution in [3.8, 4) is 0 Å². The largest absolute Gasteiger partial charge is 0.465 e. The monoisotopic (exact) mass is 868 g/mol. The van der Waals surface area contributed by atoms with Crippen molar-refractivity contribution >= 4 is 65.0 Å². The SMILES string of the molecule is CCOC(=O)[C@H](C(C)=O)C(=O)NCCCCCCNC(=O)N(CCCCCCNC(=O)[C@@H](C(C)=O)C(=O)OCC)C(=O)NCCCCCCNC(=O)[C@H](C(C)=O)C(=O)OCC. The minimum Gasteiger partial charge on any atom is -0.465 e. The van der Waals surface area contributed by atoms with Crippen molar-refractivity contribution < 1.29 is 67.0 Å². The summed E-state index contributed by atoms with van der Waals surface area (Å²) in [6.07, 6.45) is 7.26. The van der Waals surface area contributed by atoms with Gasteiger partial charge in [-0.15, -0.1) is 0 Å². The first-order chi connectivity index (χ1) is 29.0. The highest BCUT2D eigenvalue weighted by atomic mass is 16.5. The average molecular weight is 869 g/mol. The van der Waals surface area contributed by atoms with E-state index in [0.29, 0.717) is 77.0 Å². The third kappa shape index (κ3) is 23.8. The topological polar surface area (TPSA) is 279 Å². The van der Waals surface area contributed by atoms with Gasteiger partial charge in [0.25, 0.3) is 0 Å². The van der Waals surface area contributed by atoms with E-state index < -0.39 is 82.8 Å². The van der Waals surface area contributed by atoms with Crippen molar-refractivity contribution in [2.75, 3.05) is 59.1 Å².